The van der Waals surface area contributed by atoms with Gasteiger partial charge in [0.25, 0.3) is 0 Å². The molecule has 252 valence electrons. The van der Waals surface area contributed by atoms with Crippen LogP contribution in [0.25, 0.3) is 87.6 Å². The van der Waals surface area contributed by atoms with Crippen molar-refractivity contribution >= 4 is 54.3 Å². The Morgan fingerprint density at radius 3 is 2.15 bits per heavy atom. The van der Waals surface area contributed by atoms with Gasteiger partial charge in [0, 0.05) is 16.3 Å². The zero-order valence-electron chi connectivity index (χ0n) is 29.7. The number of hydrogen-bond acceptors (Lipinski definition) is 1. The zero-order chi connectivity index (χ0) is 35.1. The number of benzene rings is 8. The maximum atomic E-state index is 6.84. The number of fused-ring (bicyclic) bond motifs is 11. The van der Waals surface area contributed by atoms with Crippen molar-refractivity contribution in [2.45, 2.75) is 31.1 Å². The molecule has 1 nitrogen and oxygen atoms in total. The van der Waals surface area contributed by atoms with E-state index in [0.29, 0.717) is 0 Å². The standard InChI is InChI=1S/C53H34O/c1-4-16-45-38(11-1)39-12-2-5-17-46(39)53(45)47-18-6-3-13-40(47)41-26-23-35(30-48(41)53)37-14-8-15-43-44-29-34(24-28-49(44)54-52(37)43)36-25-21-33-20-19-31-9-7-10-32-22-27-42(36)51(33)50(31)32/h1,3,5-11,13-15,17-30H,2,4,12,16H2. The van der Waals surface area contributed by atoms with E-state index in [1.165, 1.54) is 82.4 Å². The van der Waals surface area contributed by atoms with Crippen LogP contribution in [0.3, 0.4) is 0 Å². The summed E-state index contributed by atoms with van der Waals surface area (Å²) in [6.07, 6.45) is 14.1. The van der Waals surface area contributed by atoms with Crippen molar-refractivity contribution < 1.29 is 4.42 Å². The predicted molar refractivity (Wildman–Crippen MR) is 225 cm³/mol. The van der Waals surface area contributed by atoms with Crippen LogP contribution >= 0.6 is 0 Å². The summed E-state index contributed by atoms with van der Waals surface area (Å²) in [5.74, 6) is 0. The first-order valence-corrected chi connectivity index (χ1v) is 19.4. The lowest BCUT2D eigenvalue weighted by molar-refractivity contribution is 0.670. The molecule has 1 spiro atoms. The predicted octanol–water partition coefficient (Wildman–Crippen LogP) is 14.4. The van der Waals surface area contributed by atoms with Crippen LogP contribution in [0.1, 0.15) is 36.8 Å². The Labute approximate surface area is 313 Å². The third kappa shape index (κ3) is 3.55. The van der Waals surface area contributed by atoms with E-state index in [2.05, 4.69) is 158 Å². The molecular formula is C53H34O. The Morgan fingerprint density at radius 2 is 1.20 bits per heavy atom. The fraction of sp³-hybridized carbons (Fsp3) is 0.0943. The SMILES string of the molecule is C1=CC2=C(CC1)C1=C(CCC=C1)C21c2ccccc2-c2ccc(-c3cccc4c3oc3ccc(-c5ccc6ccc7cccc8ccc5c6c78)cc34)cc21. The first-order chi connectivity index (χ1) is 26.8. The Balaban J connectivity index is 1.00. The number of allylic oxidation sites excluding steroid dienone is 8. The summed E-state index contributed by atoms with van der Waals surface area (Å²) in [6, 6.07) is 50.1. The highest BCUT2D eigenvalue weighted by atomic mass is 16.3. The number of furan rings is 1. The van der Waals surface area contributed by atoms with E-state index in [-0.39, 0.29) is 5.41 Å². The highest BCUT2D eigenvalue weighted by molar-refractivity contribution is 6.25. The van der Waals surface area contributed by atoms with Gasteiger partial charge in [0.05, 0.1) is 5.41 Å². The smallest absolute Gasteiger partial charge is 0.143 e. The van der Waals surface area contributed by atoms with E-state index >= 15 is 0 Å². The summed E-state index contributed by atoms with van der Waals surface area (Å²) in [7, 11) is 0. The second kappa shape index (κ2) is 10.4. The van der Waals surface area contributed by atoms with Gasteiger partial charge in [-0.1, -0.05) is 140 Å². The molecule has 0 N–H and O–H groups in total. The molecule has 54 heavy (non-hydrogen) atoms. The first kappa shape index (κ1) is 29.1. The Morgan fingerprint density at radius 1 is 0.481 bits per heavy atom. The molecule has 9 aromatic rings. The van der Waals surface area contributed by atoms with E-state index in [1.54, 1.807) is 11.1 Å². The molecule has 1 aromatic heterocycles. The summed E-state index contributed by atoms with van der Waals surface area (Å²) >= 11 is 0. The molecule has 1 heteroatoms. The molecule has 0 radical (unpaired) electrons. The molecule has 13 rings (SSSR count). The van der Waals surface area contributed by atoms with Gasteiger partial charge in [-0.2, -0.15) is 0 Å². The second-order valence-electron chi connectivity index (χ2n) is 15.7. The van der Waals surface area contributed by atoms with E-state index < -0.39 is 0 Å². The van der Waals surface area contributed by atoms with Gasteiger partial charge < -0.3 is 4.42 Å². The highest BCUT2D eigenvalue weighted by Crippen LogP contribution is 2.64. The summed E-state index contributed by atoms with van der Waals surface area (Å²) in [4.78, 5) is 0. The topological polar surface area (TPSA) is 13.1 Å². The monoisotopic (exact) mass is 686 g/mol. The van der Waals surface area contributed by atoms with Gasteiger partial charge in [-0.3, -0.25) is 0 Å². The van der Waals surface area contributed by atoms with Gasteiger partial charge >= 0.3 is 0 Å². The van der Waals surface area contributed by atoms with Gasteiger partial charge in [-0.05, 0) is 137 Å². The lowest BCUT2D eigenvalue weighted by Gasteiger charge is -2.35. The van der Waals surface area contributed by atoms with Crippen LogP contribution in [0.4, 0.5) is 0 Å². The third-order valence-corrected chi connectivity index (χ3v) is 13.2. The molecule has 0 fully saturated rings. The van der Waals surface area contributed by atoms with Gasteiger partial charge in [0.1, 0.15) is 11.2 Å². The van der Waals surface area contributed by atoms with Gasteiger partial charge in [0.15, 0.2) is 0 Å². The zero-order valence-corrected chi connectivity index (χ0v) is 29.7. The molecule has 0 saturated carbocycles. The average molecular weight is 687 g/mol. The van der Waals surface area contributed by atoms with Crippen molar-refractivity contribution in [2.24, 2.45) is 0 Å². The molecule has 4 aliphatic rings. The maximum absolute atomic E-state index is 6.84. The minimum atomic E-state index is -0.244. The van der Waals surface area contributed by atoms with Crippen molar-refractivity contribution in [2.75, 3.05) is 0 Å². The van der Waals surface area contributed by atoms with Gasteiger partial charge in [0.2, 0.25) is 0 Å². The highest BCUT2D eigenvalue weighted by Gasteiger charge is 2.53. The van der Waals surface area contributed by atoms with Crippen molar-refractivity contribution in [1.29, 1.82) is 0 Å². The van der Waals surface area contributed by atoms with Crippen molar-refractivity contribution in [3.05, 3.63) is 191 Å². The number of rotatable bonds is 2. The van der Waals surface area contributed by atoms with Crippen LogP contribution in [-0.4, -0.2) is 0 Å². The molecule has 0 aliphatic heterocycles. The van der Waals surface area contributed by atoms with Gasteiger partial charge in [-0.15, -0.1) is 0 Å². The third-order valence-electron chi connectivity index (χ3n) is 13.2. The molecule has 4 aliphatic carbocycles. The van der Waals surface area contributed by atoms with Crippen LogP contribution in [-0.2, 0) is 5.41 Å². The Hall–Kier alpha value is -6.44. The van der Waals surface area contributed by atoms with Crippen LogP contribution in [0.15, 0.2) is 184 Å². The second-order valence-corrected chi connectivity index (χ2v) is 15.7. The van der Waals surface area contributed by atoms with Crippen molar-refractivity contribution in [3.8, 4) is 33.4 Å². The van der Waals surface area contributed by atoms with Crippen molar-refractivity contribution in [1.82, 2.24) is 0 Å². The maximum Gasteiger partial charge on any atom is 0.143 e. The summed E-state index contributed by atoms with van der Waals surface area (Å²) in [5, 5.41) is 10.2. The largest absolute Gasteiger partial charge is 0.455 e. The number of para-hydroxylation sites is 1. The molecule has 0 bridgehead atoms. The van der Waals surface area contributed by atoms with Crippen LogP contribution in [0.5, 0.6) is 0 Å². The lowest BCUT2D eigenvalue weighted by Crippen LogP contribution is -2.29. The van der Waals surface area contributed by atoms with E-state index in [9.17, 15) is 0 Å². The van der Waals surface area contributed by atoms with E-state index in [0.717, 1.165) is 53.2 Å². The Kier molecular flexibility index (Phi) is 5.58. The summed E-state index contributed by atoms with van der Waals surface area (Å²) in [6.45, 7) is 0. The fourth-order valence-electron chi connectivity index (χ4n) is 11.0. The van der Waals surface area contributed by atoms with Crippen LogP contribution in [0.2, 0.25) is 0 Å². The lowest BCUT2D eigenvalue weighted by atomic mass is 9.66. The summed E-state index contributed by atoms with van der Waals surface area (Å²) in [5.41, 5.74) is 18.2. The molecule has 0 amide bonds. The van der Waals surface area contributed by atoms with Gasteiger partial charge in [-0.25, -0.2) is 0 Å². The molecule has 1 heterocycles. The van der Waals surface area contributed by atoms with E-state index in [1.807, 2.05) is 0 Å². The van der Waals surface area contributed by atoms with Crippen LogP contribution < -0.4 is 0 Å². The molecule has 8 aromatic carbocycles. The number of hydrogen-bond donors (Lipinski definition) is 0. The molecular weight excluding hydrogens is 653 g/mol. The molecule has 1 unspecified atom stereocenters. The average Bonchev–Trinajstić information content (AvgIpc) is 3.86. The van der Waals surface area contributed by atoms with Crippen LogP contribution in [0, 0.1) is 0 Å². The quantitative estimate of drug-likeness (QED) is 0.165. The fourth-order valence-corrected chi connectivity index (χ4v) is 11.0. The first-order valence-electron chi connectivity index (χ1n) is 19.4. The summed E-state index contributed by atoms with van der Waals surface area (Å²) < 4.78 is 6.84. The minimum Gasteiger partial charge on any atom is -0.455 e. The van der Waals surface area contributed by atoms with E-state index in [4.69, 9.17) is 4.42 Å². The Bertz CT molecular complexity index is 3250. The normalized spacial score (nSPS) is 18.6. The molecule has 1 atom stereocenters. The minimum absolute atomic E-state index is 0.244. The molecule has 0 saturated heterocycles. The van der Waals surface area contributed by atoms with Crippen molar-refractivity contribution in [3.63, 3.8) is 0 Å².